The van der Waals surface area contributed by atoms with Crippen LogP contribution >= 0.6 is 0 Å². The molecule has 1 aromatic carbocycles. The van der Waals surface area contributed by atoms with E-state index in [9.17, 15) is 14.7 Å². The van der Waals surface area contributed by atoms with E-state index < -0.39 is 5.97 Å². The van der Waals surface area contributed by atoms with Crippen molar-refractivity contribution in [1.82, 2.24) is 0 Å². The van der Waals surface area contributed by atoms with E-state index >= 15 is 0 Å². The van der Waals surface area contributed by atoms with Gasteiger partial charge in [-0.15, -0.1) is 0 Å². The molecular formula is C16H22N4O3. The van der Waals surface area contributed by atoms with Crippen molar-refractivity contribution in [3.8, 4) is 0 Å². The lowest BCUT2D eigenvalue weighted by Crippen LogP contribution is -2.34. The number of nitrogens with zero attached hydrogens (tertiary/aromatic N) is 1. The van der Waals surface area contributed by atoms with Gasteiger partial charge in [-0.25, -0.2) is 4.79 Å². The second-order valence-electron chi connectivity index (χ2n) is 5.76. The lowest BCUT2D eigenvalue weighted by molar-refractivity contribution is -0.122. The summed E-state index contributed by atoms with van der Waals surface area (Å²) in [7, 11) is 0. The number of benzene rings is 1. The summed E-state index contributed by atoms with van der Waals surface area (Å²) >= 11 is 0. The summed E-state index contributed by atoms with van der Waals surface area (Å²) in [6, 6.07) is 6.38. The molecule has 124 valence electrons. The SMILES string of the molecule is NC(N)=NC[C@@H]1CCCC[C@H]1C(=O)Nc1ccccc1C(=O)O. The highest BCUT2D eigenvalue weighted by molar-refractivity contribution is 6.01. The Labute approximate surface area is 134 Å². The number of carbonyl (C=O) groups is 2. The van der Waals surface area contributed by atoms with Crippen LogP contribution in [-0.2, 0) is 4.79 Å². The maximum absolute atomic E-state index is 12.6. The molecule has 7 nitrogen and oxygen atoms in total. The molecule has 1 aliphatic rings. The highest BCUT2D eigenvalue weighted by atomic mass is 16.4. The predicted octanol–water partition coefficient (Wildman–Crippen LogP) is 1.40. The molecule has 0 radical (unpaired) electrons. The van der Waals surface area contributed by atoms with Crippen LogP contribution in [0.5, 0.6) is 0 Å². The van der Waals surface area contributed by atoms with Crippen molar-refractivity contribution in [3.63, 3.8) is 0 Å². The van der Waals surface area contributed by atoms with Gasteiger partial charge in [-0.1, -0.05) is 25.0 Å². The highest BCUT2D eigenvalue weighted by Crippen LogP contribution is 2.31. The van der Waals surface area contributed by atoms with Crippen LogP contribution in [0.4, 0.5) is 5.69 Å². The number of nitrogens with one attached hydrogen (secondary N) is 1. The number of hydrogen-bond donors (Lipinski definition) is 4. The number of hydrogen-bond acceptors (Lipinski definition) is 3. The second-order valence-corrected chi connectivity index (χ2v) is 5.76. The second kappa shape index (κ2) is 7.62. The summed E-state index contributed by atoms with van der Waals surface area (Å²) in [5.74, 6) is -1.36. The monoisotopic (exact) mass is 318 g/mol. The van der Waals surface area contributed by atoms with Crippen LogP contribution in [-0.4, -0.2) is 29.5 Å². The Morgan fingerprint density at radius 3 is 2.61 bits per heavy atom. The zero-order valence-electron chi connectivity index (χ0n) is 12.9. The van der Waals surface area contributed by atoms with E-state index in [1.54, 1.807) is 18.2 Å². The largest absolute Gasteiger partial charge is 0.478 e. The topological polar surface area (TPSA) is 131 Å². The quantitative estimate of drug-likeness (QED) is 0.481. The van der Waals surface area contributed by atoms with Gasteiger partial charge in [-0.05, 0) is 30.9 Å². The maximum Gasteiger partial charge on any atom is 0.337 e. The fourth-order valence-electron chi connectivity index (χ4n) is 3.00. The number of anilines is 1. The van der Waals surface area contributed by atoms with Gasteiger partial charge < -0.3 is 21.9 Å². The van der Waals surface area contributed by atoms with Crippen molar-refractivity contribution >= 4 is 23.5 Å². The molecule has 0 heterocycles. The van der Waals surface area contributed by atoms with Gasteiger partial charge >= 0.3 is 5.97 Å². The minimum absolute atomic E-state index is 0.0194. The minimum atomic E-state index is -1.07. The molecule has 2 atom stereocenters. The lowest BCUT2D eigenvalue weighted by atomic mass is 9.78. The third kappa shape index (κ3) is 4.45. The van der Waals surface area contributed by atoms with Gasteiger partial charge in [0.25, 0.3) is 0 Å². The summed E-state index contributed by atoms with van der Waals surface area (Å²) < 4.78 is 0. The molecule has 1 saturated carbocycles. The summed E-state index contributed by atoms with van der Waals surface area (Å²) in [5, 5.41) is 11.9. The fraction of sp³-hybridized carbons (Fsp3) is 0.438. The van der Waals surface area contributed by atoms with Crippen molar-refractivity contribution in [2.45, 2.75) is 25.7 Å². The van der Waals surface area contributed by atoms with Crippen LogP contribution in [0.1, 0.15) is 36.0 Å². The number of rotatable bonds is 5. The van der Waals surface area contributed by atoms with Gasteiger partial charge in [-0.3, -0.25) is 9.79 Å². The van der Waals surface area contributed by atoms with Crippen molar-refractivity contribution in [3.05, 3.63) is 29.8 Å². The standard InChI is InChI=1S/C16H22N4O3/c17-16(18)19-9-10-5-1-2-6-11(10)14(21)20-13-8-4-3-7-12(13)15(22)23/h3-4,7-8,10-11H,1-2,5-6,9H2,(H,20,21)(H,22,23)(H4,17,18,19)/t10-,11+/m0/s1. The van der Waals surface area contributed by atoms with E-state index in [-0.39, 0.29) is 29.3 Å². The van der Waals surface area contributed by atoms with Crippen LogP contribution < -0.4 is 16.8 Å². The number of nitrogens with two attached hydrogens (primary N) is 2. The van der Waals surface area contributed by atoms with Crippen LogP contribution in [0.15, 0.2) is 29.3 Å². The zero-order valence-corrected chi connectivity index (χ0v) is 12.9. The van der Waals surface area contributed by atoms with Crippen LogP contribution in [0.25, 0.3) is 0 Å². The number of guanidine groups is 1. The first kappa shape index (κ1) is 16.8. The van der Waals surface area contributed by atoms with Crippen molar-refractivity contribution in [2.24, 2.45) is 28.3 Å². The van der Waals surface area contributed by atoms with Crippen molar-refractivity contribution < 1.29 is 14.7 Å². The predicted molar refractivity (Wildman–Crippen MR) is 88.2 cm³/mol. The van der Waals surface area contributed by atoms with Gasteiger partial charge in [0.05, 0.1) is 11.3 Å². The van der Waals surface area contributed by atoms with E-state index in [0.717, 1.165) is 25.7 Å². The first-order valence-electron chi connectivity index (χ1n) is 7.67. The van der Waals surface area contributed by atoms with Crippen molar-refractivity contribution in [2.75, 3.05) is 11.9 Å². The number of para-hydroxylation sites is 1. The molecule has 7 heteroatoms. The number of carbonyl (C=O) groups excluding carboxylic acids is 1. The third-order valence-corrected chi connectivity index (χ3v) is 4.17. The molecule has 0 aliphatic heterocycles. The normalized spacial score (nSPS) is 20.5. The first-order valence-corrected chi connectivity index (χ1v) is 7.67. The molecule has 0 bridgehead atoms. The molecule has 6 N–H and O–H groups in total. The van der Waals surface area contributed by atoms with E-state index in [4.69, 9.17) is 11.5 Å². The molecule has 1 amide bonds. The van der Waals surface area contributed by atoms with Crippen LogP contribution in [0, 0.1) is 11.8 Å². The van der Waals surface area contributed by atoms with Gasteiger partial charge in [0.15, 0.2) is 5.96 Å². The van der Waals surface area contributed by atoms with Gasteiger partial charge in [-0.2, -0.15) is 0 Å². The van der Waals surface area contributed by atoms with Crippen LogP contribution in [0.2, 0.25) is 0 Å². The van der Waals surface area contributed by atoms with E-state index in [1.165, 1.54) is 6.07 Å². The molecule has 1 fully saturated rings. The van der Waals surface area contributed by atoms with Crippen molar-refractivity contribution in [1.29, 1.82) is 0 Å². The Bertz CT molecular complexity index is 611. The lowest BCUT2D eigenvalue weighted by Gasteiger charge is -2.29. The van der Waals surface area contributed by atoms with Gasteiger partial charge in [0.1, 0.15) is 0 Å². The maximum atomic E-state index is 12.6. The molecule has 0 spiro atoms. The number of aliphatic imine (C=N–C) groups is 1. The molecule has 0 saturated heterocycles. The molecule has 0 unspecified atom stereocenters. The zero-order chi connectivity index (χ0) is 16.8. The van der Waals surface area contributed by atoms with E-state index in [1.807, 2.05) is 0 Å². The summed E-state index contributed by atoms with van der Waals surface area (Å²) in [4.78, 5) is 27.8. The van der Waals surface area contributed by atoms with E-state index in [0.29, 0.717) is 12.2 Å². The van der Waals surface area contributed by atoms with Gasteiger partial charge in [0, 0.05) is 12.5 Å². The van der Waals surface area contributed by atoms with Crippen LogP contribution in [0.3, 0.4) is 0 Å². The smallest absolute Gasteiger partial charge is 0.337 e. The summed E-state index contributed by atoms with van der Waals surface area (Å²) in [6.45, 7) is 0.418. The Hall–Kier alpha value is -2.57. The van der Waals surface area contributed by atoms with Gasteiger partial charge in [0.2, 0.25) is 5.91 Å². The summed E-state index contributed by atoms with van der Waals surface area (Å²) in [5.41, 5.74) is 11.1. The number of amides is 1. The molecule has 0 aromatic heterocycles. The number of carboxylic acid groups (broad SMARTS) is 1. The third-order valence-electron chi connectivity index (χ3n) is 4.17. The molecule has 2 rings (SSSR count). The van der Waals surface area contributed by atoms with E-state index in [2.05, 4.69) is 10.3 Å². The highest BCUT2D eigenvalue weighted by Gasteiger charge is 2.31. The number of aromatic carboxylic acids is 1. The average Bonchev–Trinajstić information content (AvgIpc) is 2.53. The first-order chi connectivity index (χ1) is 11.0. The molecular weight excluding hydrogens is 296 g/mol. The average molecular weight is 318 g/mol. The minimum Gasteiger partial charge on any atom is -0.478 e. The summed E-state index contributed by atoms with van der Waals surface area (Å²) in [6.07, 6.45) is 3.65. The Morgan fingerprint density at radius 1 is 1.22 bits per heavy atom. The fourth-order valence-corrected chi connectivity index (χ4v) is 3.00. The Kier molecular flexibility index (Phi) is 5.56. The molecule has 23 heavy (non-hydrogen) atoms. The Morgan fingerprint density at radius 2 is 1.91 bits per heavy atom. The molecule has 1 aromatic rings. The number of carboxylic acids is 1. The molecule has 1 aliphatic carbocycles. The Balaban J connectivity index is 2.12.